The molecule has 2 N–H and O–H groups in total. The molecule has 0 spiro atoms. The molecule has 0 unspecified atom stereocenters. The van der Waals surface area contributed by atoms with Gasteiger partial charge in [-0.3, -0.25) is 9.59 Å². The Morgan fingerprint density at radius 2 is 1.63 bits per heavy atom. The highest BCUT2D eigenvalue weighted by molar-refractivity contribution is 6.27. The minimum Gasteiger partial charge on any atom is -0.493 e. The van der Waals surface area contributed by atoms with Crippen LogP contribution in [0.3, 0.4) is 0 Å². The number of amides is 2. The largest absolute Gasteiger partial charge is 0.493 e. The van der Waals surface area contributed by atoms with Crippen LogP contribution in [0.25, 0.3) is 0 Å². The van der Waals surface area contributed by atoms with Crippen LogP contribution >= 0.6 is 23.2 Å². The number of halogens is 2. The van der Waals surface area contributed by atoms with E-state index in [-0.39, 0.29) is 11.8 Å². The highest BCUT2D eigenvalue weighted by Gasteiger charge is 2.18. The summed E-state index contributed by atoms with van der Waals surface area (Å²) >= 11 is 11.1. The lowest BCUT2D eigenvalue weighted by atomic mass is 10.1. The zero-order valence-corrected chi connectivity index (χ0v) is 17.4. The predicted molar refractivity (Wildman–Crippen MR) is 108 cm³/mol. The summed E-state index contributed by atoms with van der Waals surface area (Å²) in [4.78, 5) is 23.3. The van der Waals surface area contributed by atoms with E-state index >= 15 is 0 Å². The van der Waals surface area contributed by atoms with E-state index < -0.39 is 18.0 Å². The monoisotopic (exact) mass is 418 g/mol. The normalized spacial score (nSPS) is 10.6. The van der Waals surface area contributed by atoms with E-state index in [4.69, 9.17) is 32.7 Å². The number of nitrogens with one attached hydrogen (secondary N) is 2. The number of rotatable bonds is 13. The van der Waals surface area contributed by atoms with Gasteiger partial charge in [0.25, 0.3) is 0 Å². The van der Waals surface area contributed by atoms with Gasteiger partial charge in [-0.05, 0) is 24.1 Å². The van der Waals surface area contributed by atoms with Gasteiger partial charge in [0, 0.05) is 0 Å². The maximum Gasteiger partial charge on any atom is 0.236 e. The SMILES string of the molecule is CCCCCCCOc1ccc(C(NC(=O)CCl)NC(=O)CCl)cc1OC. The Morgan fingerprint density at radius 1 is 1.00 bits per heavy atom. The van der Waals surface area contributed by atoms with Crippen molar-refractivity contribution < 1.29 is 19.1 Å². The number of carbonyl (C=O) groups excluding carboxylic acids is 2. The fourth-order valence-electron chi connectivity index (χ4n) is 2.47. The molecule has 0 aliphatic heterocycles. The molecule has 0 aliphatic rings. The predicted octanol–water partition coefficient (Wildman–Crippen LogP) is 3.75. The molecule has 0 bridgehead atoms. The lowest BCUT2D eigenvalue weighted by Crippen LogP contribution is -2.42. The van der Waals surface area contributed by atoms with Gasteiger partial charge in [0.1, 0.15) is 17.9 Å². The summed E-state index contributed by atoms with van der Waals surface area (Å²) < 4.78 is 11.2. The fraction of sp³-hybridized carbons (Fsp3) is 0.579. The summed E-state index contributed by atoms with van der Waals surface area (Å²) in [5.41, 5.74) is 0.624. The highest BCUT2D eigenvalue weighted by atomic mass is 35.5. The van der Waals surface area contributed by atoms with E-state index in [1.54, 1.807) is 18.2 Å². The summed E-state index contributed by atoms with van der Waals surface area (Å²) in [5, 5.41) is 5.27. The lowest BCUT2D eigenvalue weighted by Gasteiger charge is -2.21. The van der Waals surface area contributed by atoms with Gasteiger partial charge >= 0.3 is 0 Å². The van der Waals surface area contributed by atoms with Crippen LogP contribution < -0.4 is 20.1 Å². The van der Waals surface area contributed by atoms with Crippen molar-refractivity contribution in [3.05, 3.63) is 23.8 Å². The molecule has 8 heteroatoms. The van der Waals surface area contributed by atoms with Crippen molar-refractivity contribution in [1.82, 2.24) is 10.6 Å². The number of ether oxygens (including phenoxy) is 2. The second kappa shape index (κ2) is 13.5. The molecule has 0 aliphatic carbocycles. The number of alkyl halides is 2. The van der Waals surface area contributed by atoms with Gasteiger partial charge in [-0.2, -0.15) is 0 Å². The summed E-state index contributed by atoms with van der Waals surface area (Å²) in [6.07, 6.45) is 4.99. The molecule has 2 amide bonds. The molecule has 1 aromatic carbocycles. The number of hydrogen-bond acceptors (Lipinski definition) is 4. The zero-order chi connectivity index (χ0) is 20.1. The van der Waals surface area contributed by atoms with E-state index in [0.717, 1.165) is 12.8 Å². The Hall–Kier alpha value is -1.66. The van der Waals surface area contributed by atoms with Gasteiger partial charge < -0.3 is 20.1 Å². The minimum absolute atomic E-state index is 0.219. The standard InChI is InChI=1S/C19H28Cl2N2O4/c1-3-4-5-6-7-10-27-15-9-8-14(11-16(15)26-2)19(22-17(24)12-20)23-18(25)13-21/h8-9,11,19H,3-7,10,12-13H2,1-2H3,(H,22,24)(H,23,25). The molecule has 27 heavy (non-hydrogen) atoms. The van der Waals surface area contributed by atoms with Gasteiger partial charge in [0.05, 0.1) is 13.7 Å². The molecular formula is C19H28Cl2N2O4. The molecule has 1 rings (SSSR count). The molecular weight excluding hydrogens is 391 g/mol. The van der Waals surface area contributed by atoms with E-state index in [0.29, 0.717) is 23.7 Å². The van der Waals surface area contributed by atoms with Crippen molar-refractivity contribution in [3.8, 4) is 11.5 Å². The van der Waals surface area contributed by atoms with E-state index in [2.05, 4.69) is 17.6 Å². The van der Waals surface area contributed by atoms with Crippen molar-refractivity contribution in [3.63, 3.8) is 0 Å². The number of benzene rings is 1. The van der Waals surface area contributed by atoms with Gasteiger partial charge in [0.15, 0.2) is 11.5 Å². The summed E-state index contributed by atoms with van der Waals surface area (Å²) in [6, 6.07) is 5.22. The molecule has 1 aromatic rings. The Morgan fingerprint density at radius 3 is 2.19 bits per heavy atom. The van der Waals surface area contributed by atoms with Crippen LogP contribution in [0.1, 0.15) is 50.8 Å². The Labute approximate surface area is 170 Å². The summed E-state index contributed by atoms with van der Waals surface area (Å²) in [7, 11) is 1.54. The molecule has 0 aromatic heterocycles. The second-order valence-corrected chi connectivity index (χ2v) is 6.54. The molecule has 152 valence electrons. The van der Waals surface area contributed by atoms with Crippen molar-refractivity contribution in [2.45, 2.75) is 45.2 Å². The first kappa shape index (κ1) is 23.4. The molecule has 0 radical (unpaired) electrons. The van der Waals surface area contributed by atoms with Crippen LogP contribution in [-0.4, -0.2) is 37.3 Å². The van der Waals surface area contributed by atoms with Crippen LogP contribution in [-0.2, 0) is 9.59 Å². The molecule has 0 saturated carbocycles. The van der Waals surface area contributed by atoms with Gasteiger partial charge in [-0.15, -0.1) is 23.2 Å². The first-order valence-corrected chi connectivity index (χ1v) is 10.1. The maximum atomic E-state index is 11.7. The lowest BCUT2D eigenvalue weighted by molar-refractivity contribution is -0.122. The van der Waals surface area contributed by atoms with Gasteiger partial charge in [-0.1, -0.05) is 38.7 Å². The van der Waals surface area contributed by atoms with Gasteiger partial charge in [0.2, 0.25) is 11.8 Å². The number of carbonyl (C=O) groups is 2. The van der Waals surface area contributed by atoms with Crippen LogP contribution in [0.15, 0.2) is 18.2 Å². The topological polar surface area (TPSA) is 76.7 Å². The zero-order valence-electron chi connectivity index (χ0n) is 15.9. The Kier molecular flexibility index (Phi) is 11.7. The first-order chi connectivity index (χ1) is 13.0. The van der Waals surface area contributed by atoms with E-state index in [1.165, 1.54) is 26.4 Å². The maximum absolute atomic E-state index is 11.7. The first-order valence-electron chi connectivity index (χ1n) is 9.07. The average Bonchev–Trinajstić information content (AvgIpc) is 2.69. The third kappa shape index (κ3) is 8.71. The summed E-state index contributed by atoms with van der Waals surface area (Å²) in [6.45, 7) is 2.79. The van der Waals surface area contributed by atoms with Crippen molar-refractivity contribution >= 4 is 35.0 Å². The van der Waals surface area contributed by atoms with Crippen LogP contribution in [0.4, 0.5) is 0 Å². The summed E-state index contributed by atoms with van der Waals surface area (Å²) in [5.74, 6) is -0.132. The third-order valence-electron chi connectivity index (χ3n) is 3.88. The van der Waals surface area contributed by atoms with E-state index in [1.807, 2.05) is 0 Å². The Bertz CT molecular complexity index is 581. The van der Waals surface area contributed by atoms with Crippen molar-refractivity contribution in [2.75, 3.05) is 25.5 Å². The van der Waals surface area contributed by atoms with E-state index in [9.17, 15) is 9.59 Å². The Balaban J connectivity index is 2.80. The average molecular weight is 419 g/mol. The minimum atomic E-state index is -0.764. The third-order valence-corrected chi connectivity index (χ3v) is 4.37. The quantitative estimate of drug-likeness (QED) is 0.290. The second-order valence-electron chi connectivity index (χ2n) is 6.01. The molecule has 0 fully saturated rings. The van der Waals surface area contributed by atoms with Crippen molar-refractivity contribution in [1.29, 1.82) is 0 Å². The van der Waals surface area contributed by atoms with Crippen LogP contribution in [0.2, 0.25) is 0 Å². The number of methoxy groups -OCH3 is 1. The highest BCUT2D eigenvalue weighted by Crippen LogP contribution is 2.30. The van der Waals surface area contributed by atoms with Gasteiger partial charge in [-0.25, -0.2) is 0 Å². The van der Waals surface area contributed by atoms with Crippen LogP contribution in [0, 0.1) is 0 Å². The number of unbranched alkanes of at least 4 members (excludes halogenated alkanes) is 4. The van der Waals surface area contributed by atoms with Crippen LogP contribution in [0.5, 0.6) is 11.5 Å². The fourth-order valence-corrected chi connectivity index (χ4v) is 2.63. The molecule has 0 saturated heterocycles. The molecule has 0 heterocycles. The molecule has 6 nitrogen and oxygen atoms in total. The molecule has 0 atom stereocenters. The smallest absolute Gasteiger partial charge is 0.236 e. The number of hydrogen-bond donors (Lipinski definition) is 2. The van der Waals surface area contributed by atoms with Crippen molar-refractivity contribution in [2.24, 2.45) is 0 Å².